The van der Waals surface area contributed by atoms with Gasteiger partial charge in [-0.25, -0.2) is 0 Å². The van der Waals surface area contributed by atoms with Crippen molar-refractivity contribution in [1.82, 2.24) is 0 Å². The highest BCUT2D eigenvalue weighted by atomic mass is 16.6. The van der Waals surface area contributed by atoms with Gasteiger partial charge >= 0.3 is 0 Å². The molecule has 0 saturated carbocycles. The minimum absolute atomic E-state index is 0.0536. The van der Waals surface area contributed by atoms with Crippen LogP contribution in [0, 0.1) is 0 Å². The van der Waals surface area contributed by atoms with E-state index in [0.717, 1.165) is 11.1 Å². The Morgan fingerprint density at radius 3 is 2.08 bits per heavy atom. The summed E-state index contributed by atoms with van der Waals surface area (Å²) < 4.78 is 17.2. The Morgan fingerprint density at radius 2 is 1.44 bits per heavy atom. The molecular formula is C21H22O4. The van der Waals surface area contributed by atoms with Crippen molar-refractivity contribution in [1.29, 1.82) is 0 Å². The van der Waals surface area contributed by atoms with E-state index in [1.807, 2.05) is 60.7 Å². The molecule has 0 saturated heterocycles. The highest BCUT2D eigenvalue weighted by molar-refractivity contribution is 5.91. The Hall–Kier alpha value is -2.43. The number of rotatable bonds is 8. The van der Waals surface area contributed by atoms with Gasteiger partial charge in [0.05, 0.1) is 19.8 Å². The Morgan fingerprint density at radius 1 is 0.840 bits per heavy atom. The molecule has 3 rings (SSSR count). The van der Waals surface area contributed by atoms with Crippen LogP contribution in [0.15, 0.2) is 72.5 Å². The van der Waals surface area contributed by atoms with Crippen LogP contribution in [0.2, 0.25) is 0 Å². The second kappa shape index (κ2) is 9.16. The number of ketones is 1. The molecule has 0 N–H and O–H groups in total. The maximum Gasteiger partial charge on any atom is 0.162 e. The molecular weight excluding hydrogens is 316 g/mol. The van der Waals surface area contributed by atoms with Gasteiger partial charge in [0.2, 0.25) is 0 Å². The number of hydrogen-bond acceptors (Lipinski definition) is 4. The monoisotopic (exact) mass is 338 g/mol. The largest absolute Gasteiger partial charge is 0.489 e. The molecule has 25 heavy (non-hydrogen) atoms. The lowest BCUT2D eigenvalue weighted by Gasteiger charge is -2.24. The first-order valence-electron chi connectivity index (χ1n) is 8.43. The summed E-state index contributed by atoms with van der Waals surface area (Å²) in [5.74, 6) is 0.623. The van der Waals surface area contributed by atoms with Crippen molar-refractivity contribution in [3.8, 4) is 0 Å². The topological polar surface area (TPSA) is 44.8 Å². The molecule has 1 aliphatic heterocycles. The Bertz CT molecular complexity index is 694. The molecule has 0 aliphatic carbocycles. The summed E-state index contributed by atoms with van der Waals surface area (Å²) in [6, 6.07) is 19.9. The quantitative estimate of drug-likeness (QED) is 0.737. The smallest absolute Gasteiger partial charge is 0.162 e. The number of ether oxygens (including phenoxy) is 3. The molecule has 0 aromatic heterocycles. The molecule has 1 aliphatic rings. The first-order valence-corrected chi connectivity index (χ1v) is 8.43. The van der Waals surface area contributed by atoms with Crippen LogP contribution in [0.4, 0.5) is 0 Å². The average Bonchev–Trinajstić information content (AvgIpc) is 2.63. The normalized spacial score (nSPS) is 17.0. The van der Waals surface area contributed by atoms with Gasteiger partial charge in [0.15, 0.2) is 5.78 Å². The third kappa shape index (κ3) is 5.85. The maximum atomic E-state index is 11.9. The molecule has 1 atom stereocenters. The van der Waals surface area contributed by atoms with Gasteiger partial charge in [-0.1, -0.05) is 60.7 Å². The third-order valence-corrected chi connectivity index (χ3v) is 3.84. The van der Waals surface area contributed by atoms with Gasteiger partial charge in [0.25, 0.3) is 0 Å². The van der Waals surface area contributed by atoms with Gasteiger partial charge < -0.3 is 14.2 Å². The third-order valence-electron chi connectivity index (χ3n) is 3.84. The van der Waals surface area contributed by atoms with Gasteiger partial charge in [-0.15, -0.1) is 0 Å². The van der Waals surface area contributed by atoms with Gasteiger partial charge in [-0.3, -0.25) is 4.79 Å². The summed E-state index contributed by atoms with van der Waals surface area (Å²) in [6.07, 6.45) is 1.62. The van der Waals surface area contributed by atoms with E-state index in [1.165, 1.54) is 6.08 Å². The highest BCUT2D eigenvalue weighted by Crippen LogP contribution is 2.16. The highest BCUT2D eigenvalue weighted by Gasteiger charge is 2.22. The Labute approximate surface area is 148 Å². The minimum atomic E-state index is -0.253. The molecule has 4 heteroatoms. The van der Waals surface area contributed by atoms with Crippen LogP contribution in [0.25, 0.3) is 0 Å². The molecule has 0 spiro atoms. The zero-order chi connectivity index (χ0) is 17.3. The molecule has 0 amide bonds. The van der Waals surface area contributed by atoms with Crippen LogP contribution in [-0.2, 0) is 32.2 Å². The van der Waals surface area contributed by atoms with E-state index in [0.29, 0.717) is 32.0 Å². The fourth-order valence-electron chi connectivity index (χ4n) is 2.65. The molecule has 0 fully saturated rings. The number of carbonyl (C=O) groups is 1. The maximum absolute atomic E-state index is 11.9. The van der Waals surface area contributed by atoms with Crippen molar-refractivity contribution in [3.63, 3.8) is 0 Å². The Balaban J connectivity index is 1.42. The average molecular weight is 338 g/mol. The van der Waals surface area contributed by atoms with Crippen molar-refractivity contribution < 1.29 is 19.0 Å². The van der Waals surface area contributed by atoms with Crippen LogP contribution >= 0.6 is 0 Å². The second-order valence-electron chi connectivity index (χ2n) is 6.00. The van der Waals surface area contributed by atoms with Crippen molar-refractivity contribution in [3.05, 3.63) is 83.6 Å². The molecule has 0 radical (unpaired) electrons. The van der Waals surface area contributed by atoms with Crippen LogP contribution in [0.3, 0.4) is 0 Å². The summed E-state index contributed by atoms with van der Waals surface area (Å²) in [4.78, 5) is 11.9. The van der Waals surface area contributed by atoms with Crippen LogP contribution in [-0.4, -0.2) is 25.1 Å². The van der Waals surface area contributed by atoms with Gasteiger partial charge in [0.1, 0.15) is 18.5 Å². The summed E-state index contributed by atoms with van der Waals surface area (Å²) in [5.41, 5.74) is 2.19. The summed E-state index contributed by atoms with van der Waals surface area (Å²) >= 11 is 0. The first kappa shape index (κ1) is 17.4. The fourth-order valence-corrected chi connectivity index (χ4v) is 2.65. The predicted octanol–water partition coefficient (Wildman–Crippen LogP) is 3.66. The zero-order valence-electron chi connectivity index (χ0n) is 14.1. The Kier molecular flexibility index (Phi) is 6.37. The second-order valence-corrected chi connectivity index (χ2v) is 6.00. The standard InChI is InChI=1S/C21H22O4/c22-19-11-20(15-23-13-17-7-3-1-4-8-17)25-21(12-19)16-24-14-18-9-5-2-6-10-18/h1-11,21H,12-16H2/t21-/m0/s1. The SMILES string of the molecule is O=C1C=C(COCc2ccccc2)O[C@H](COCc2ccccc2)C1. The lowest BCUT2D eigenvalue weighted by atomic mass is 10.1. The van der Waals surface area contributed by atoms with E-state index >= 15 is 0 Å². The van der Waals surface area contributed by atoms with Crippen LogP contribution < -0.4 is 0 Å². The zero-order valence-corrected chi connectivity index (χ0v) is 14.1. The van der Waals surface area contributed by atoms with E-state index in [4.69, 9.17) is 14.2 Å². The van der Waals surface area contributed by atoms with Gasteiger partial charge in [-0.05, 0) is 11.1 Å². The molecule has 2 aromatic carbocycles. The first-order chi connectivity index (χ1) is 12.3. The number of carbonyl (C=O) groups excluding carboxylic acids is 1. The lowest BCUT2D eigenvalue weighted by Crippen LogP contribution is -2.28. The number of benzene rings is 2. The summed E-state index contributed by atoms with van der Waals surface area (Å²) in [5, 5.41) is 0. The van der Waals surface area contributed by atoms with Crippen LogP contribution in [0.5, 0.6) is 0 Å². The fraction of sp³-hybridized carbons (Fsp3) is 0.286. The van der Waals surface area contributed by atoms with E-state index in [2.05, 4.69) is 0 Å². The number of allylic oxidation sites excluding steroid dienone is 1. The van der Waals surface area contributed by atoms with Crippen molar-refractivity contribution in [2.45, 2.75) is 25.7 Å². The molecule has 2 aromatic rings. The van der Waals surface area contributed by atoms with Crippen molar-refractivity contribution in [2.75, 3.05) is 13.2 Å². The molecule has 0 bridgehead atoms. The van der Waals surface area contributed by atoms with Crippen molar-refractivity contribution in [2.24, 2.45) is 0 Å². The van der Waals surface area contributed by atoms with E-state index in [-0.39, 0.29) is 18.5 Å². The molecule has 130 valence electrons. The minimum Gasteiger partial charge on any atom is -0.489 e. The van der Waals surface area contributed by atoms with E-state index < -0.39 is 0 Å². The number of hydrogen-bond donors (Lipinski definition) is 0. The van der Waals surface area contributed by atoms with Gasteiger partial charge in [-0.2, -0.15) is 0 Å². The van der Waals surface area contributed by atoms with E-state index in [1.54, 1.807) is 0 Å². The van der Waals surface area contributed by atoms with Crippen molar-refractivity contribution >= 4 is 5.78 Å². The summed E-state index contributed by atoms with van der Waals surface area (Å²) in [7, 11) is 0. The van der Waals surface area contributed by atoms with Gasteiger partial charge in [0, 0.05) is 12.5 Å². The van der Waals surface area contributed by atoms with E-state index in [9.17, 15) is 4.79 Å². The molecule has 0 unspecified atom stereocenters. The summed E-state index contributed by atoms with van der Waals surface area (Å²) in [6.45, 7) is 1.68. The lowest BCUT2D eigenvalue weighted by molar-refractivity contribution is -0.121. The molecule has 4 nitrogen and oxygen atoms in total. The molecule has 1 heterocycles. The van der Waals surface area contributed by atoms with Crippen LogP contribution in [0.1, 0.15) is 17.5 Å². The predicted molar refractivity (Wildman–Crippen MR) is 94.8 cm³/mol.